The molecule has 7 heteroatoms. The van der Waals surface area contributed by atoms with Gasteiger partial charge in [0, 0.05) is 50.9 Å². The summed E-state index contributed by atoms with van der Waals surface area (Å²) in [6, 6.07) is 5.39. The van der Waals surface area contributed by atoms with Crippen molar-refractivity contribution in [1.82, 2.24) is 9.80 Å². The third kappa shape index (κ3) is 3.62. The predicted molar refractivity (Wildman–Crippen MR) is 98.7 cm³/mol. The summed E-state index contributed by atoms with van der Waals surface area (Å²) in [7, 11) is 3.14. The highest BCUT2D eigenvalue weighted by Crippen LogP contribution is 2.34. The highest BCUT2D eigenvalue weighted by molar-refractivity contribution is 6.00. The van der Waals surface area contributed by atoms with Gasteiger partial charge in [-0.05, 0) is 18.7 Å². The largest absolute Gasteiger partial charge is 0.493 e. The molecule has 0 saturated carbocycles. The predicted octanol–water partition coefficient (Wildman–Crippen LogP) is 1.22. The van der Waals surface area contributed by atoms with Gasteiger partial charge in [0.15, 0.2) is 11.5 Å². The number of likely N-dealkylation sites (N-methyl/N-ethyl adjacent to an activating group) is 1. The van der Waals surface area contributed by atoms with E-state index in [4.69, 9.17) is 9.47 Å². The summed E-state index contributed by atoms with van der Waals surface area (Å²) in [5.74, 6) is 0.983. The number of rotatable bonds is 5. The van der Waals surface area contributed by atoms with E-state index in [1.165, 1.54) is 0 Å². The molecular weight excluding hydrogens is 334 g/mol. The number of nitrogens with zero attached hydrogens (tertiary/aromatic N) is 3. The number of piperazine rings is 1. The first-order valence-corrected chi connectivity index (χ1v) is 9.11. The standard InChI is InChI=1S/C19H27N3O4/c1-4-20-7-9-21(10-8-20)19(24)14-11-18(23)22(13-14)15-5-6-16(25-2)17(12-15)26-3/h5-6,12,14H,4,7-11,13H2,1-3H3. The minimum Gasteiger partial charge on any atom is -0.493 e. The van der Waals surface area contributed by atoms with Gasteiger partial charge >= 0.3 is 0 Å². The smallest absolute Gasteiger partial charge is 0.228 e. The van der Waals surface area contributed by atoms with E-state index >= 15 is 0 Å². The number of methoxy groups -OCH3 is 2. The fourth-order valence-electron chi connectivity index (χ4n) is 3.66. The van der Waals surface area contributed by atoms with Crippen LogP contribution in [0.1, 0.15) is 13.3 Å². The fourth-order valence-corrected chi connectivity index (χ4v) is 3.66. The molecule has 3 rings (SSSR count). The molecule has 2 aliphatic heterocycles. The third-order valence-electron chi connectivity index (χ3n) is 5.28. The summed E-state index contributed by atoms with van der Waals surface area (Å²) in [5.41, 5.74) is 0.735. The molecule has 0 aromatic heterocycles. The van der Waals surface area contributed by atoms with Crippen molar-refractivity contribution in [3.8, 4) is 11.5 Å². The van der Waals surface area contributed by atoms with Gasteiger partial charge in [-0.2, -0.15) is 0 Å². The Balaban J connectivity index is 1.68. The van der Waals surface area contributed by atoms with Crippen LogP contribution in [0.5, 0.6) is 11.5 Å². The van der Waals surface area contributed by atoms with Crippen LogP contribution in [0.3, 0.4) is 0 Å². The molecule has 0 aliphatic carbocycles. The van der Waals surface area contributed by atoms with Gasteiger partial charge in [0.05, 0.1) is 20.1 Å². The summed E-state index contributed by atoms with van der Waals surface area (Å²) in [6.45, 7) is 6.86. The van der Waals surface area contributed by atoms with Crippen LogP contribution in [0.25, 0.3) is 0 Å². The molecule has 0 spiro atoms. The summed E-state index contributed by atoms with van der Waals surface area (Å²) in [4.78, 5) is 31.2. The summed E-state index contributed by atoms with van der Waals surface area (Å²) < 4.78 is 10.6. The Morgan fingerprint density at radius 2 is 1.81 bits per heavy atom. The summed E-state index contributed by atoms with van der Waals surface area (Å²) in [5, 5.41) is 0. The number of carbonyl (C=O) groups excluding carboxylic acids is 2. The molecule has 1 aromatic carbocycles. The van der Waals surface area contributed by atoms with Crippen molar-refractivity contribution >= 4 is 17.5 Å². The molecule has 1 unspecified atom stereocenters. The third-order valence-corrected chi connectivity index (χ3v) is 5.28. The second-order valence-electron chi connectivity index (χ2n) is 6.70. The van der Waals surface area contributed by atoms with Crippen LogP contribution in [0, 0.1) is 5.92 Å². The molecule has 26 heavy (non-hydrogen) atoms. The average Bonchev–Trinajstić information content (AvgIpc) is 3.08. The quantitative estimate of drug-likeness (QED) is 0.789. The first kappa shape index (κ1) is 18.5. The van der Waals surface area contributed by atoms with Crippen LogP contribution < -0.4 is 14.4 Å². The van der Waals surface area contributed by atoms with Gasteiger partial charge < -0.3 is 24.2 Å². The highest BCUT2D eigenvalue weighted by atomic mass is 16.5. The molecule has 2 fully saturated rings. The Labute approximate surface area is 154 Å². The van der Waals surface area contributed by atoms with E-state index in [9.17, 15) is 9.59 Å². The number of ether oxygens (including phenoxy) is 2. The molecule has 0 radical (unpaired) electrons. The van der Waals surface area contributed by atoms with Crippen LogP contribution in [0.2, 0.25) is 0 Å². The van der Waals surface area contributed by atoms with Crippen molar-refractivity contribution in [3.63, 3.8) is 0 Å². The van der Waals surface area contributed by atoms with Crippen molar-refractivity contribution in [3.05, 3.63) is 18.2 Å². The Morgan fingerprint density at radius 1 is 1.12 bits per heavy atom. The number of hydrogen-bond acceptors (Lipinski definition) is 5. The Kier molecular flexibility index (Phi) is 5.66. The van der Waals surface area contributed by atoms with E-state index in [0.717, 1.165) is 38.4 Å². The van der Waals surface area contributed by atoms with E-state index in [0.29, 0.717) is 18.0 Å². The Hall–Kier alpha value is -2.28. The summed E-state index contributed by atoms with van der Waals surface area (Å²) in [6.07, 6.45) is 0.265. The number of benzene rings is 1. The lowest BCUT2D eigenvalue weighted by Crippen LogP contribution is -2.50. The van der Waals surface area contributed by atoms with E-state index in [1.807, 2.05) is 11.0 Å². The van der Waals surface area contributed by atoms with Gasteiger partial charge in [0.25, 0.3) is 0 Å². The van der Waals surface area contributed by atoms with Gasteiger partial charge in [-0.25, -0.2) is 0 Å². The Morgan fingerprint density at radius 3 is 2.42 bits per heavy atom. The van der Waals surface area contributed by atoms with Crippen molar-refractivity contribution in [2.75, 3.05) is 58.4 Å². The van der Waals surface area contributed by atoms with Crippen molar-refractivity contribution in [2.45, 2.75) is 13.3 Å². The fraction of sp³-hybridized carbons (Fsp3) is 0.579. The molecule has 1 aromatic rings. The van der Waals surface area contributed by atoms with Crippen LogP contribution in [0.4, 0.5) is 5.69 Å². The molecule has 0 N–H and O–H groups in total. The second-order valence-corrected chi connectivity index (χ2v) is 6.70. The number of carbonyl (C=O) groups is 2. The molecule has 7 nitrogen and oxygen atoms in total. The molecule has 2 amide bonds. The molecule has 1 atom stereocenters. The van der Waals surface area contributed by atoms with Crippen molar-refractivity contribution < 1.29 is 19.1 Å². The van der Waals surface area contributed by atoms with Crippen molar-refractivity contribution in [2.24, 2.45) is 5.92 Å². The van der Waals surface area contributed by atoms with Gasteiger partial charge in [0.2, 0.25) is 11.8 Å². The van der Waals surface area contributed by atoms with Gasteiger partial charge in [-0.3, -0.25) is 9.59 Å². The maximum atomic E-state index is 12.8. The molecule has 2 saturated heterocycles. The first-order chi connectivity index (χ1) is 12.6. The molecule has 2 heterocycles. The summed E-state index contributed by atoms with van der Waals surface area (Å²) >= 11 is 0. The van der Waals surface area contributed by atoms with Gasteiger partial charge in [-0.1, -0.05) is 6.92 Å². The Bertz CT molecular complexity index is 671. The average molecular weight is 361 g/mol. The lowest BCUT2D eigenvalue weighted by Gasteiger charge is -2.35. The SMILES string of the molecule is CCN1CCN(C(=O)C2CC(=O)N(c3ccc(OC)c(OC)c3)C2)CC1. The first-order valence-electron chi connectivity index (χ1n) is 9.11. The van der Waals surface area contributed by atoms with Gasteiger partial charge in [0.1, 0.15) is 0 Å². The van der Waals surface area contributed by atoms with Crippen LogP contribution in [-0.4, -0.2) is 75.1 Å². The lowest BCUT2D eigenvalue weighted by atomic mass is 10.1. The van der Waals surface area contributed by atoms with Crippen LogP contribution >= 0.6 is 0 Å². The number of anilines is 1. The molecule has 2 aliphatic rings. The molecular formula is C19H27N3O4. The van der Waals surface area contributed by atoms with Crippen LogP contribution in [-0.2, 0) is 9.59 Å². The van der Waals surface area contributed by atoms with E-state index in [1.54, 1.807) is 31.3 Å². The second kappa shape index (κ2) is 7.95. The molecule has 0 bridgehead atoms. The minimum atomic E-state index is -0.274. The van der Waals surface area contributed by atoms with Gasteiger partial charge in [-0.15, -0.1) is 0 Å². The molecule has 142 valence electrons. The zero-order valence-corrected chi connectivity index (χ0v) is 15.7. The maximum absolute atomic E-state index is 12.8. The monoisotopic (exact) mass is 361 g/mol. The zero-order valence-electron chi connectivity index (χ0n) is 15.7. The van der Waals surface area contributed by atoms with Crippen molar-refractivity contribution in [1.29, 1.82) is 0 Å². The highest BCUT2D eigenvalue weighted by Gasteiger charge is 2.38. The minimum absolute atomic E-state index is 0.0252. The van der Waals surface area contributed by atoms with Crippen LogP contribution in [0.15, 0.2) is 18.2 Å². The normalized spacial score (nSPS) is 21.2. The lowest BCUT2D eigenvalue weighted by molar-refractivity contribution is -0.137. The maximum Gasteiger partial charge on any atom is 0.228 e. The topological polar surface area (TPSA) is 62.3 Å². The van der Waals surface area contributed by atoms with E-state index in [-0.39, 0.29) is 24.2 Å². The number of hydrogen-bond donors (Lipinski definition) is 0. The number of amides is 2. The zero-order chi connectivity index (χ0) is 18.7. The van der Waals surface area contributed by atoms with E-state index in [2.05, 4.69) is 11.8 Å². The van der Waals surface area contributed by atoms with E-state index < -0.39 is 0 Å².